The first-order valence-corrected chi connectivity index (χ1v) is 46.2. The van der Waals surface area contributed by atoms with Gasteiger partial charge in [-0.3, -0.25) is 79.1 Å². The maximum atomic E-state index is 11.5. The zero-order chi connectivity index (χ0) is 100. The number of hydrogen-bond donors (Lipinski definition) is 18. The number of nitrogens with zero attached hydrogens (tertiary/aromatic N) is 19. The summed E-state index contributed by atoms with van der Waals surface area (Å²) in [6, 6.07) is 41.1. The number of aryl methyl sites for hydroxylation is 4. The van der Waals surface area contributed by atoms with E-state index >= 15 is 0 Å². The number of carboxylic acid groups (broad SMARTS) is 7. The van der Waals surface area contributed by atoms with Gasteiger partial charge in [0.15, 0.2) is 67.3 Å². The zero-order valence-electron chi connectivity index (χ0n) is 73.6. The summed E-state index contributed by atoms with van der Waals surface area (Å²) in [5.74, 6) is -3.03. The minimum absolute atomic E-state index is 0.0190. The maximum absolute atomic E-state index is 11.5. The van der Waals surface area contributed by atoms with Crippen LogP contribution in [0.5, 0.6) is 28.7 Å². The van der Waals surface area contributed by atoms with Gasteiger partial charge in [-0.25, -0.2) is 34.9 Å². The lowest BCUT2D eigenvalue weighted by Crippen LogP contribution is -1.99. The molecule has 7 aromatic carbocycles. The van der Waals surface area contributed by atoms with Crippen LogP contribution in [0.25, 0.3) is 79.7 Å². The van der Waals surface area contributed by atoms with Crippen molar-refractivity contribution in [2.75, 3.05) is 68.6 Å². The standard InChI is InChI=1S/C14H13N5O2S.C12H12N4O5S.C12H12N4O3S.C12H13N3O3S.C11H10N4O4S.C11H11N3O3S.C11H11N3O2S/c20-12(21)9-22-14-16-13(17-18-14)11-4-1-3-10(7-11)8-19-6-2-5-15-19;1-16(20)7-3-6(4-8(21-2)10(7)19)11-13-12(15-14-11)22-5-9(17)18;1-7-3-4-8(5-9(7)16(2)19)11-13-12(15-14-11)20-6-10(17)18;1-7-5-8(3-4-9(7)18-2)11-13-12(15-14-11)19-6-10(16)17;1-15(19)6-2-3-8(16)7(4-6)10-12-11(14-13-10)20-5-9(17)18;1-6-2-3-7(8(15)4-6)10-12-11(14-13-10)18-5-9(16)17;1-7-3-2-4-8(5-7)10-12-11(14-13-10)17-6-9(15)16/h1-7H,8-9H2,(H,20,21)(H,16,17,18);3-4H,5H2,1-2H3,(H2-,13,14,15,17,18,19,20);3-5H,6H2,1-2H3,(H-,13,14,15,17,18);3-5H,6H2,1-2H3,(H,16,17)(H,13,14,15);2-4H,1,5H2,(H3-,12,13,14,16,17,18,19);2-4,15H,5H2,1H3,(H,16,17)(H,12,13,14);2-5H,6H2,1H3,(H,15,16)(H,12,13,14)/p+3. The van der Waals surface area contributed by atoms with Crippen LogP contribution < -0.4 is 9.47 Å². The Kier molecular flexibility index (Phi) is 40.0. The molecule has 0 atom stereocenters. The minimum Gasteiger partial charge on any atom is -0.507 e. The molecule has 0 saturated carbocycles. The van der Waals surface area contributed by atoms with Gasteiger partial charge < -0.3 is 60.5 Å². The number of phenols is 3. The van der Waals surface area contributed by atoms with Gasteiger partial charge in [0.1, 0.15) is 17.2 Å². The zero-order valence-corrected chi connectivity index (χ0v) is 79.3. The molecule has 0 aliphatic heterocycles. The fraction of sp³-hybridized carbons (Fsp3) is 0.193. The number of hydrogen-bond acceptors (Lipinski definition) is 37. The second-order valence-corrected chi connectivity index (χ2v) is 34.3. The van der Waals surface area contributed by atoms with Crippen molar-refractivity contribution in [3.63, 3.8) is 0 Å². The van der Waals surface area contributed by atoms with E-state index in [-0.39, 0.29) is 85.1 Å². The molecule has 18 N–H and O–H groups in total. The van der Waals surface area contributed by atoms with Crippen LogP contribution in [0.15, 0.2) is 188 Å². The molecule has 15 aromatic rings. The number of carbonyl (C=O) groups is 7. The normalized spacial score (nSPS) is 10.5. The lowest BCUT2D eigenvalue weighted by molar-refractivity contribution is -0.706. The number of aromatic nitrogens is 23. The van der Waals surface area contributed by atoms with Gasteiger partial charge in [-0.05, 0) is 105 Å². The van der Waals surface area contributed by atoms with Gasteiger partial charge in [0.05, 0.1) is 72.2 Å². The number of carboxylic acids is 7. The lowest BCUT2D eigenvalue weighted by Gasteiger charge is -2.05. The lowest BCUT2D eigenvalue weighted by atomic mass is 10.1. The highest BCUT2D eigenvalue weighted by Gasteiger charge is 2.25. The molecular formula is C83H85N26O22S7+3. The molecule has 8 aromatic heterocycles. The second-order valence-electron chi connectivity index (χ2n) is 27.7. The maximum Gasteiger partial charge on any atom is 0.313 e. The summed E-state index contributed by atoms with van der Waals surface area (Å²) in [7, 11) is 5.66. The molecule has 0 fully saturated rings. The van der Waals surface area contributed by atoms with Gasteiger partial charge in [0.25, 0.3) is 11.4 Å². The van der Waals surface area contributed by atoms with Crippen molar-refractivity contribution in [1.29, 1.82) is 0 Å². The average Bonchev–Trinajstić information content (AvgIpc) is 1.11. The molecule has 0 radical (unpaired) electrons. The molecule has 0 bridgehead atoms. The van der Waals surface area contributed by atoms with Crippen molar-refractivity contribution >= 4 is 148 Å². The Hall–Kier alpha value is -15.9. The monoisotopic (exact) mass is 2020 g/mol. The average molecular weight is 2020 g/mol. The number of thioether (sulfide) groups is 7. The molecule has 8 heterocycles. The van der Waals surface area contributed by atoms with Crippen molar-refractivity contribution in [3.05, 3.63) is 190 Å². The van der Waals surface area contributed by atoms with Crippen LogP contribution in [0.2, 0.25) is 0 Å². The van der Waals surface area contributed by atoms with E-state index in [0.717, 1.165) is 143 Å². The molecule has 0 aliphatic carbocycles. The molecular weight excluding hydrogens is 1940 g/mol. The van der Waals surface area contributed by atoms with E-state index in [1.165, 1.54) is 51.5 Å². The van der Waals surface area contributed by atoms with E-state index in [1.54, 1.807) is 31.5 Å². The molecule has 138 heavy (non-hydrogen) atoms. The molecule has 15 rings (SSSR count). The number of benzene rings is 7. The largest absolute Gasteiger partial charge is 0.507 e. The van der Waals surface area contributed by atoms with Gasteiger partial charge in [0, 0.05) is 94.1 Å². The molecule has 55 heteroatoms. The van der Waals surface area contributed by atoms with E-state index in [0.29, 0.717) is 105 Å². The van der Waals surface area contributed by atoms with Crippen LogP contribution in [0.3, 0.4) is 0 Å². The third-order valence-electron chi connectivity index (χ3n) is 17.2. The number of nitrogens with one attached hydrogen (secondary N) is 7. The van der Waals surface area contributed by atoms with Crippen LogP contribution in [-0.4, -0.2) is 304 Å². The van der Waals surface area contributed by atoms with Crippen molar-refractivity contribution in [2.45, 2.75) is 70.3 Å². The molecule has 0 spiro atoms. The van der Waals surface area contributed by atoms with E-state index in [1.807, 2.05) is 130 Å². The third kappa shape index (κ3) is 33.6. The molecule has 0 saturated heterocycles. The summed E-state index contributed by atoms with van der Waals surface area (Å²) in [5.41, 5.74) is 10.7. The summed E-state index contributed by atoms with van der Waals surface area (Å²) >= 11 is 7.22. The number of phenolic OH excluding ortho intramolecular Hbond substituents is 3. The first-order chi connectivity index (χ1) is 65.9. The topological polar surface area (TPSA) is 712 Å². The molecule has 0 amide bonds. The van der Waals surface area contributed by atoms with Crippen LogP contribution >= 0.6 is 82.3 Å². The number of H-pyrrole nitrogens is 7. The molecule has 718 valence electrons. The molecule has 0 unspecified atom stereocenters. The van der Waals surface area contributed by atoms with Crippen LogP contribution in [0.4, 0.5) is 17.1 Å². The summed E-state index contributed by atoms with van der Waals surface area (Å²) < 4.78 is 14.0. The van der Waals surface area contributed by atoms with Crippen molar-refractivity contribution in [2.24, 2.45) is 0 Å². The minimum atomic E-state index is -0.974. The fourth-order valence-electron chi connectivity index (χ4n) is 11.1. The quantitative estimate of drug-likeness (QED) is 0.00577. The highest BCUT2D eigenvalue weighted by atomic mass is 32.2. The van der Waals surface area contributed by atoms with Gasteiger partial charge in [-0.15, -0.1) is 35.7 Å². The van der Waals surface area contributed by atoms with Crippen LogP contribution in [0.1, 0.15) is 27.8 Å². The van der Waals surface area contributed by atoms with Gasteiger partial charge in [0.2, 0.25) is 41.8 Å². The predicted molar refractivity (Wildman–Crippen MR) is 507 cm³/mol. The Bertz CT molecular complexity index is 6780. The SMILES string of the molecule is C=[N+](O)c1ccc(O)c(-c2nc(SCC(=O)O)n[nH]2)c1.COc1cc(-c2nc(SCC(=O)O)n[nH]2)cc([N+](C)=O)c1O.COc1ccc(-c2nc(SCC(=O)O)n[nH]2)cc1C.Cc1ccc(-c2nc(SCC(=O)O)n[nH]2)c(O)c1.Cc1ccc(-c2nc(SCC(=O)O)n[nH]2)cc1[N+](C)=O.Cc1cccc(-c2nc(SCC(=O)O)n[nH]2)c1.O=C(O)CSc1n[nH]c(-c2cccc(Cn3cccn3)c2)n1. The van der Waals surface area contributed by atoms with Gasteiger partial charge in [-0.1, -0.05) is 142 Å². The summed E-state index contributed by atoms with van der Waals surface area (Å²) in [6.07, 6.45) is 3.65. The van der Waals surface area contributed by atoms with Gasteiger partial charge >= 0.3 is 47.5 Å². The van der Waals surface area contributed by atoms with Crippen molar-refractivity contribution in [1.82, 2.24) is 116 Å². The predicted octanol–water partition coefficient (Wildman–Crippen LogP) is 12.0. The third-order valence-corrected chi connectivity index (χ3v) is 23.1. The van der Waals surface area contributed by atoms with E-state index < -0.39 is 41.8 Å². The first-order valence-electron chi connectivity index (χ1n) is 39.3. The Morgan fingerprint density at radius 1 is 0.377 bits per heavy atom. The Balaban J connectivity index is 0.000000180. The number of nitroso groups, excluding NO2 is 2. The summed E-state index contributed by atoms with van der Waals surface area (Å²) in [4.78, 5) is 125. The highest BCUT2D eigenvalue weighted by Crippen LogP contribution is 2.40. The highest BCUT2D eigenvalue weighted by molar-refractivity contribution is 8.01. The number of methoxy groups -OCH3 is 2. The van der Waals surface area contributed by atoms with Crippen molar-refractivity contribution < 1.29 is 114 Å². The number of aliphatic carboxylic acids is 7. The van der Waals surface area contributed by atoms with E-state index in [9.17, 15) is 63.9 Å². The number of ether oxygens (including phenoxy) is 2. The fourth-order valence-corrected chi connectivity index (χ4v) is 14.7. The number of aromatic hydroxyl groups is 3. The second kappa shape index (κ2) is 52.1. The Morgan fingerprint density at radius 2 is 0.754 bits per heavy atom. The Morgan fingerprint density at radius 3 is 1.14 bits per heavy atom. The molecule has 48 nitrogen and oxygen atoms in total. The van der Waals surface area contributed by atoms with Gasteiger partial charge in [-0.2, -0.15) is 5.10 Å². The smallest absolute Gasteiger partial charge is 0.313 e. The number of rotatable bonds is 35. The van der Waals surface area contributed by atoms with E-state index in [2.05, 4.69) is 118 Å². The Labute approximate surface area is 809 Å². The van der Waals surface area contributed by atoms with Crippen molar-refractivity contribution in [3.8, 4) is 108 Å². The van der Waals surface area contributed by atoms with Crippen LogP contribution in [0, 0.1) is 37.5 Å². The van der Waals surface area contributed by atoms with E-state index in [4.69, 9.17) is 45.2 Å². The van der Waals surface area contributed by atoms with Crippen LogP contribution in [-0.2, 0) is 40.1 Å². The summed E-state index contributed by atoms with van der Waals surface area (Å²) in [5, 5.41) is 152. The number of aromatic amines is 7. The first kappa shape index (κ1) is 106. The summed E-state index contributed by atoms with van der Waals surface area (Å²) in [6.45, 7) is 11.7. The molecule has 0 aliphatic rings.